The molecule has 1 N–H and O–H groups in total. The van der Waals surface area contributed by atoms with Gasteiger partial charge in [0.05, 0.1) is 25.2 Å². The Balaban J connectivity index is 1.30. The van der Waals surface area contributed by atoms with Crippen molar-refractivity contribution in [3.05, 3.63) is 59.2 Å². The minimum atomic E-state index is -4.49. The predicted octanol–water partition coefficient (Wildman–Crippen LogP) is 5.29. The molecule has 0 unspecified atom stereocenters. The molecule has 0 radical (unpaired) electrons. The summed E-state index contributed by atoms with van der Waals surface area (Å²) in [5.41, 5.74) is -0.780. The monoisotopic (exact) mass is 605 g/mol. The number of ether oxygens (including phenoxy) is 2. The van der Waals surface area contributed by atoms with Gasteiger partial charge in [-0.15, -0.1) is 0 Å². The van der Waals surface area contributed by atoms with Gasteiger partial charge in [-0.2, -0.15) is 13.2 Å². The number of hydrogen-bond donors (Lipinski definition) is 1. The summed E-state index contributed by atoms with van der Waals surface area (Å²) in [6, 6.07) is 10.9. The van der Waals surface area contributed by atoms with E-state index in [0.29, 0.717) is 76.5 Å². The molecular formula is C32H39F4N3O4. The van der Waals surface area contributed by atoms with E-state index >= 15 is 4.39 Å². The van der Waals surface area contributed by atoms with E-state index < -0.39 is 29.2 Å². The summed E-state index contributed by atoms with van der Waals surface area (Å²) in [5, 5.41) is 3.04. The van der Waals surface area contributed by atoms with Crippen molar-refractivity contribution in [2.75, 3.05) is 57.9 Å². The molecule has 2 atom stereocenters. The largest absolute Gasteiger partial charge is 0.497 e. The second-order valence-corrected chi connectivity index (χ2v) is 11.7. The van der Waals surface area contributed by atoms with E-state index in [-0.39, 0.29) is 24.3 Å². The van der Waals surface area contributed by atoms with Crippen molar-refractivity contribution in [3.8, 4) is 5.75 Å². The number of methoxy groups -OCH3 is 1. The molecule has 1 amide bonds. The number of alkyl halides is 4. The third-order valence-corrected chi connectivity index (χ3v) is 9.19. The summed E-state index contributed by atoms with van der Waals surface area (Å²) in [6.07, 6.45) is -2.45. The molecular weight excluding hydrogens is 566 g/mol. The number of halogens is 4. The van der Waals surface area contributed by atoms with Crippen LogP contribution in [0.5, 0.6) is 5.75 Å². The smallest absolute Gasteiger partial charge is 0.416 e. The first kappa shape index (κ1) is 31.1. The van der Waals surface area contributed by atoms with Crippen molar-refractivity contribution >= 4 is 17.6 Å². The molecule has 3 aliphatic heterocycles. The van der Waals surface area contributed by atoms with Crippen molar-refractivity contribution in [2.24, 2.45) is 5.92 Å². The highest BCUT2D eigenvalue weighted by Crippen LogP contribution is 2.42. The maximum Gasteiger partial charge on any atom is 0.416 e. The van der Waals surface area contributed by atoms with Crippen LogP contribution < -0.4 is 15.0 Å². The highest BCUT2D eigenvalue weighted by atomic mass is 19.4. The fourth-order valence-electron chi connectivity index (χ4n) is 6.74. The van der Waals surface area contributed by atoms with Crippen LogP contribution in [0.25, 0.3) is 0 Å². The van der Waals surface area contributed by atoms with E-state index in [1.54, 1.807) is 49.3 Å². The molecule has 234 valence electrons. The summed E-state index contributed by atoms with van der Waals surface area (Å²) < 4.78 is 67.9. The number of piperidine rings is 2. The van der Waals surface area contributed by atoms with Gasteiger partial charge in [0.25, 0.3) is 5.91 Å². The lowest BCUT2D eigenvalue weighted by Crippen LogP contribution is -2.52. The normalized spacial score (nSPS) is 23.8. The second kappa shape index (κ2) is 12.7. The highest BCUT2D eigenvalue weighted by Gasteiger charge is 2.52. The van der Waals surface area contributed by atoms with E-state index in [1.807, 2.05) is 4.90 Å². The summed E-state index contributed by atoms with van der Waals surface area (Å²) >= 11 is 0. The van der Waals surface area contributed by atoms with Crippen molar-refractivity contribution in [2.45, 2.75) is 56.3 Å². The molecule has 11 heteroatoms. The van der Waals surface area contributed by atoms with Gasteiger partial charge < -0.3 is 24.6 Å². The Kier molecular flexibility index (Phi) is 9.20. The molecule has 0 aliphatic carbocycles. The second-order valence-electron chi connectivity index (χ2n) is 11.7. The molecule has 3 heterocycles. The standard InChI is InChI=1S/C32H39F4N3O4/c1-3-43-29(40)23-12-14-38(15-13-23)28-18-24(32(34,35)36)6-9-26(28)21-10-16-39(17-11-21)30(41)31(33)20-37-19-27(31)22-4-7-25(42-2)8-5-22/h4-9,18,21,23,27,37H,3,10-17,19-20H2,1-2H3/t27-,31-/m0/s1. The molecule has 0 aromatic heterocycles. The van der Waals surface area contributed by atoms with Crippen molar-refractivity contribution in [1.82, 2.24) is 10.2 Å². The SMILES string of the molecule is CCOC(=O)C1CCN(c2cc(C(F)(F)F)ccc2C2CCN(C(=O)[C@]3(F)CNC[C@H]3c3ccc(OC)cc3)CC2)CC1. The zero-order valence-electron chi connectivity index (χ0n) is 24.6. The van der Waals surface area contributed by atoms with Gasteiger partial charge in [-0.05, 0) is 73.9 Å². The van der Waals surface area contributed by atoms with E-state index in [9.17, 15) is 22.8 Å². The van der Waals surface area contributed by atoms with Gasteiger partial charge in [0.15, 0.2) is 0 Å². The zero-order chi connectivity index (χ0) is 30.8. The van der Waals surface area contributed by atoms with E-state index in [4.69, 9.17) is 9.47 Å². The Morgan fingerprint density at radius 3 is 2.28 bits per heavy atom. The fourth-order valence-corrected chi connectivity index (χ4v) is 6.74. The van der Waals surface area contributed by atoms with Crippen LogP contribution in [0.1, 0.15) is 61.1 Å². The number of esters is 1. The lowest BCUT2D eigenvalue weighted by molar-refractivity contribution is -0.148. The van der Waals surface area contributed by atoms with Crippen LogP contribution in [0.3, 0.4) is 0 Å². The van der Waals surface area contributed by atoms with E-state index in [0.717, 1.165) is 17.2 Å². The summed E-state index contributed by atoms with van der Waals surface area (Å²) in [7, 11) is 1.56. The Hall–Kier alpha value is -3.34. The van der Waals surface area contributed by atoms with Gasteiger partial charge in [0, 0.05) is 50.9 Å². The number of rotatable bonds is 7. The maximum atomic E-state index is 16.4. The average molecular weight is 606 g/mol. The van der Waals surface area contributed by atoms with Gasteiger partial charge in [0.2, 0.25) is 5.67 Å². The van der Waals surface area contributed by atoms with Crippen molar-refractivity contribution in [3.63, 3.8) is 0 Å². The number of anilines is 1. The molecule has 5 rings (SSSR count). The van der Waals surface area contributed by atoms with Gasteiger partial charge in [-0.25, -0.2) is 4.39 Å². The minimum absolute atomic E-state index is 0.0761. The van der Waals surface area contributed by atoms with Crippen molar-refractivity contribution < 1.29 is 36.6 Å². The number of nitrogens with one attached hydrogen (secondary N) is 1. The number of nitrogens with zero attached hydrogens (tertiary/aromatic N) is 2. The van der Waals surface area contributed by atoms with Crippen LogP contribution >= 0.6 is 0 Å². The van der Waals surface area contributed by atoms with Crippen LogP contribution in [-0.2, 0) is 20.5 Å². The Bertz CT molecular complexity index is 1290. The minimum Gasteiger partial charge on any atom is -0.497 e. The van der Waals surface area contributed by atoms with Crippen LogP contribution in [0.15, 0.2) is 42.5 Å². The number of carbonyl (C=O) groups is 2. The fraction of sp³-hybridized carbons (Fsp3) is 0.562. The topological polar surface area (TPSA) is 71.1 Å². The summed E-state index contributed by atoms with van der Waals surface area (Å²) in [5.74, 6) is -1.15. The molecule has 3 aliphatic rings. The zero-order valence-corrected chi connectivity index (χ0v) is 24.6. The lowest BCUT2D eigenvalue weighted by Gasteiger charge is -2.39. The predicted molar refractivity (Wildman–Crippen MR) is 154 cm³/mol. The van der Waals surface area contributed by atoms with Gasteiger partial charge in [-0.3, -0.25) is 9.59 Å². The third-order valence-electron chi connectivity index (χ3n) is 9.19. The first-order valence-corrected chi connectivity index (χ1v) is 15.0. The van der Waals surface area contributed by atoms with E-state index in [1.165, 1.54) is 6.07 Å². The molecule has 0 saturated carbocycles. The molecule has 3 saturated heterocycles. The molecule has 0 bridgehead atoms. The summed E-state index contributed by atoms with van der Waals surface area (Å²) in [4.78, 5) is 29.3. The molecule has 7 nitrogen and oxygen atoms in total. The van der Waals surface area contributed by atoms with Gasteiger partial charge in [-0.1, -0.05) is 18.2 Å². The molecule has 2 aromatic carbocycles. The molecule has 3 fully saturated rings. The average Bonchev–Trinajstić information content (AvgIpc) is 3.42. The first-order valence-electron chi connectivity index (χ1n) is 15.0. The van der Waals surface area contributed by atoms with Crippen LogP contribution in [0, 0.1) is 5.92 Å². The highest BCUT2D eigenvalue weighted by molar-refractivity contribution is 5.87. The summed E-state index contributed by atoms with van der Waals surface area (Å²) in [6.45, 7) is 3.82. The number of benzene rings is 2. The van der Waals surface area contributed by atoms with Gasteiger partial charge >= 0.3 is 12.1 Å². The van der Waals surface area contributed by atoms with Gasteiger partial charge in [0.1, 0.15) is 5.75 Å². The quantitative estimate of drug-likeness (QED) is 0.342. The molecule has 43 heavy (non-hydrogen) atoms. The lowest BCUT2D eigenvalue weighted by atomic mass is 9.83. The number of amides is 1. The number of likely N-dealkylation sites (tertiary alicyclic amines) is 1. The maximum absolute atomic E-state index is 16.4. The van der Waals surface area contributed by atoms with Crippen LogP contribution in [0.2, 0.25) is 0 Å². The Morgan fingerprint density at radius 2 is 1.67 bits per heavy atom. The van der Waals surface area contributed by atoms with E-state index in [2.05, 4.69) is 5.32 Å². The third kappa shape index (κ3) is 6.46. The number of hydrogen-bond acceptors (Lipinski definition) is 6. The molecule has 0 spiro atoms. The molecule has 2 aromatic rings. The number of carbonyl (C=O) groups excluding carboxylic acids is 2. The van der Waals surface area contributed by atoms with Crippen LogP contribution in [0.4, 0.5) is 23.2 Å². The van der Waals surface area contributed by atoms with Crippen molar-refractivity contribution in [1.29, 1.82) is 0 Å². The first-order chi connectivity index (χ1) is 20.5. The van der Waals surface area contributed by atoms with Crippen LogP contribution in [-0.4, -0.2) is 75.4 Å². The Labute approximate surface area is 249 Å². The Morgan fingerprint density at radius 1 is 1.00 bits per heavy atom.